The molecule has 2 aliphatic rings. The Hall–Kier alpha value is -2.37. The third kappa shape index (κ3) is 22.9. The maximum atomic E-state index is 13.3. The Bertz CT molecular complexity index is 2430. The maximum absolute atomic E-state index is 13.3. The van der Waals surface area contributed by atoms with Crippen molar-refractivity contribution in [2.75, 3.05) is 101 Å². The lowest BCUT2D eigenvalue weighted by molar-refractivity contribution is 0.0843. The number of aromatic nitrogens is 4. The Kier molecular flexibility index (Phi) is 26.8. The molecule has 0 spiro atoms. The van der Waals surface area contributed by atoms with Crippen LogP contribution in [0.1, 0.15) is 74.2 Å². The average Bonchev–Trinajstić information content (AvgIpc) is 3.24. The molecule has 2 saturated heterocycles. The van der Waals surface area contributed by atoms with E-state index in [1.54, 1.807) is 21.5 Å². The molecular formula is C50H102N8O10S2Si4. The molecule has 0 saturated carbocycles. The highest BCUT2D eigenvalue weighted by Gasteiger charge is 2.38. The molecule has 430 valence electrons. The molecule has 0 aliphatic carbocycles. The van der Waals surface area contributed by atoms with E-state index in [1.807, 2.05) is 22.0 Å². The molecule has 0 radical (unpaired) electrons. The van der Waals surface area contributed by atoms with Gasteiger partial charge in [-0.1, -0.05) is 102 Å². The van der Waals surface area contributed by atoms with E-state index < -0.39 is 52.8 Å². The Morgan fingerprint density at radius 3 is 1.36 bits per heavy atom. The summed E-state index contributed by atoms with van der Waals surface area (Å²) in [6, 6.07) is 2.05. The molecule has 2 aromatic heterocycles. The van der Waals surface area contributed by atoms with Gasteiger partial charge < -0.3 is 28.1 Å². The van der Waals surface area contributed by atoms with Crippen molar-refractivity contribution in [3.05, 3.63) is 50.6 Å². The molecule has 74 heavy (non-hydrogen) atoms. The van der Waals surface area contributed by atoms with Crippen LogP contribution in [0, 0.1) is 0 Å². The fourth-order valence-electron chi connectivity index (χ4n) is 6.91. The minimum atomic E-state index is -3.26. The predicted molar refractivity (Wildman–Crippen MR) is 320 cm³/mol. The summed E-state index contributed by atoms with van der Waals surface area (Å²) in [5, 5.41) is 0.286. The van der Waals surface area contributed by atoms with Crippen LogP contribution in [-0.2, 0) is 58.3 Å². The van der Waals surface area contributed by atoms with E-state index in [2.05, 4.69) is 112 Å². The van der Waals surface area contributed by atoms with Crippen molar-refractivity contribution in [1.82, 2.24) is 27.7 Å². The molecule has 2 aromatic rings. The van der Waals surface area contributed by atoms with E-state index in [0.717, 1.165) is 24.2 Å². The molecule has 24 heteroatoms. The fourth-order valence-corrected chi connectivity index (χ4v) is 12.1. The van der Waals surface area contributed by atoms with Crippen LogP contribution < -0.4 is 20.9 Å². The Labute approximate surface area is 453 Å². The highest BCUT2D eigenvalue weighted by Crippen LogP contribution is 2.37. The molecule has 18 nitrogen and oxygen atoms in total. The highest BCUT2D eigenvalue weighted by atomic mass is 32.2. The van der Waals surface area contributed by atoms with Crippen LogP contribution in [0.5, 0.6) is 0 Å². The second kappa shape index (κ2) is 28.5. The molecule has 4 rings (SSSR count). The first kappa shape index (κ1) is 69.6. The lowest BCUT2D eigenvalue weighted by Crippen LogP contribution is -2.50. The third-order valence-corrected chi connectivity index (χ3v) is 29.0. The van der Waals surface area contributed by atoms with E-state index in [4.69, 9.17) is 23.3 Å². The fraction of sp³-hybridized carbons (Fsp3) is 0.800. The number of aryl methyl sites for hydroxylation is 1. The van der Waals surface area contributed by atoms with Crippen molar-refractivity contribution < 1.29 is 35.2 Å². The number of ether oxygens (including phenoxy) is 2. The zero-order valence-corrected chi connectivity index (χ0v) is 53.1. The van der Waals surface area contributed by atoms with Crippen molar-refractivity contribution in [2.45, 2.75) is 170 Å². The standard InChI is InChI=1S/C24H48N4O5SSi2.C24H46N4O5SSi2.2CH4/c2*1-24(2,3)36(8,9)33-16-10-11-21-19-27(20-32-17-18-35(5,6)7)23(29)22(25-21)26-12-14-28(15-13-26)34(4,30)31;;/h19H,10-18,20H2,1-9H3;10-11,19H,12-18,20H2,1-9H3;2*1H4/b;11-10+;;. The van der Waals surface area contributed by atoms with Gasteiger partial charge >= 0.3 is 0 Å². The number of piperazine rings is 2. The molecule has 0 aromatic carbocycles. The number of rotatable bonds is 23. The van der Waals surface area contributed by atoms with Crippen LogP contribution >= 0.6 is 0 Å². The van der Waals surface area contributed by atoms with Gasteiger partial charge in [-0.25, -0.2) is 26.8 Å². The summed E-state index contributed by atoms with van der Waals surface area (Å²) in [6.45, 7) is 41.8. The summed E-state index contributed by atoms with van der Waals surface area (Å²) < 4.78 is 78.0. The molecule has 0 atom stereocenters. The number of hydrogen-bond acceptors (Lipinski definition) is 14. The number of sulfonamides is 2. The van der Waals surface area contributed by atoms with Gasteiger partial charge in [-0.3, -0.25) is 18.7 Å². The van der Waals surface area contributed by atoms with Gasteiger partial charge in [-0.2, -0.15) is 8.61 Å². The molecule has 0 bridgehead atoms. The Morgan fingerprint density at radius 2 is 0.973 bits per heavy atom. The summed E-state index contributed by atoms with van der Waals surface area (Å²) in [6.07, 6.45) is 11.3. The van der Waals surface area contributed by atoms with Crippen LogP contribution in [0.15, 0.2) is 28.1 Å². The van der Waals surface area contributed by atoms with Crippen LogP contribution in [0.2, 0.25) is 87.6 Å². The minimum Gasteiger partial charge on any atom is -0.417 e. The number of anilines is 2. The molecule has 0 amide bonds. The molecule has 0 unspecified atom stereocenters. The van der Waals surface area contributed by atoms with Crippen molar-refractivity contribution in [1.29, 1.82) is 0 Å². The van der Waals surface area contributed by atoms with Crippen molar-refractivity contribution in [3.8, 4) is 0 Å². The van der Waals surface area contributed by atoms with E-state index in [-0.39, 0.29) is 49.5 Å². The molecular weight excluding hydrogens is 1050 g/mol. The van der Waals surface area contributed by atoms with Crippen LogP contribution in [0.3, 0.4) is 0 Å². The van der Waals surface area contributed by atoms with Gasteiger partial charge in [0, 0.05) is 101 Å². The number of nitrogens with zero attached hydrogens (tertiary/aromatic N) is 8. The van der Waals surface area contributed by atoms with Gasteiger partial charge in [-0.15, -0.1) is 0 Å². The minimum absolute atomic E-state index is 0. The van der Waals surface area contributed by atoms with E-state index in [1.165, 1.54) is 21.1 Å². The molecule has 2 fully saturated rings. The van der Waals surface area contributed by atoms with Gasteiger partial charge in [0.05, 0.1) is 30.5 Å². The van der Waals surface area contributed by atoms with E-state index in [0.29, 0.717) is 103 Å². The first-order chi connectivity index (χ1) is 32.8. The lowest BCUT2D eigenvalue weighted by Gasteiger charge is -2.36. The van der Waals surface area contributed by atoms with Gasteiger partial charge in [-0.05, 0) is 67.3 Å². The first-order valence-electron chi connectivity index (χ1n) is 25.5. The summed E-state index contributed by atoms with van der Waals surface area (Å²) in [5.41, 5.74) is 1.04. The van der Waals surface area contributed by atoms with Crippen molar-refractivity contribution >= 4 is 70.5 Å². The zero-order chi connectivity index (χ0) is 54.7. The van der Waals surface area contributed by atoms with Gasteiger partial charge in [0.2, 0.25) is 20.0 Å². The summed E-state index contributed by atoms with van der Waals surface area (Å²) >= 11 is 0. The smallest absolute Gasteiger partial charge is 0.295 e. The van der Waals surface area contributed by atoms with Crippen LogP contribution in [0.4, 0.5) is 11.6 Å². The van der Waals surface area contributed by atoms with E-state index in [9.17, 15) is 26.4 Å². The second-order valence-corrected chi connectivity index (χ2v) is 49.6. The molecule has 4 heterocycles. The largest absolute Gasteiger partial charge is 0.417 e. The van der Waals surface area contributed by atoms with Crippen molar-refractivity contribution in [2.24, 2.45) is 0 Å². The predicted octanol–water partition coefficient (Wildman–Crippen LogP) is 8.54. The monoisotopic (exact) mass is 1150 g/mol. The average molecular weight is 1150 g/mol. The topological polar surface area (TPSA) is 188 Å². The maximum Gasteiger partial charge on any atom is 0.295 e. The summed E-state index contributed by atoms with van der Waals surface area (Å²) in [4.78, 5) is 39.7. The highest BCUT2D eigenvalue weighted by molar-refractivity contribution is 7.88. The third-order valence-electron chi connectivity index (χ3n) is 13.9. The SMILES string of the molecule is C.C.CC(C)(C)[Si](C)(C)OC/C=C/c1cn(COCC[Si](C)(C)C)c(=O)c(N2CCN(S(C)(=O)=O)CC2)n1.CC(C)(C)[Si](C)(C)OCCCc1cn(COCC[Si](C)(C)C)c(=O)c(N2CCN(S(C)(=O)=O)CC2)n1. The second-order valence-electron chi connectivity index (χ2n) is 24.8. The molecule has 0 N–H and O–H groups in total. The molecule has 2 aliphatic heterocycles. The van der Waals surface area contributed by atoms with E-state index >= 15 is 0 Å². The summed E-state index contributed by atoms with van der Waals surface area (Å²) in [7, 11) is -12.7. The van der Waals surface area contributed by atoms with Crippen LogP contribution in [-0.4, -0.2) is 169 Å². The van der Waals surface area contributed by atoms with Gasteiger partial charge in [0.15, 0.2) is 28.3 Å². The quantitative estimate of drug-likeness (QED) is 0.0761. The Morgan fingerprint density at radius 1 is 0.581 bits per heavy atom. The first-order valence-corrected chi connectivity index (χ1v) is 42.5. The van der Waals surface area contributed by atoms with Gasteiger partial charge in [0.25, 0.3) is 11.1 Å². The number of hydrogen-bond donors (Lipinski definition) is 0. The zero-order valence-electron chi connectivity index (χ0n) is 47.5. The van der Waals surface area contributed by atoms with Gasteiger partial charge in [0.1, 0.15) is 13.5 Å². The van der Waals surface area contributed by atoms with Crippen LogP contribution in [0.25, 0.3) is 6.08 Å². The van der Waals surface area contributed by atoms with Crippen molar-refractivity contribution in [3.63, 3.8) is 0 Å². The normalized spacial score (nSPS) is 16.2. The lowest BCUT2D eigenvalue weighted by atomic mass is 10.2. The Balaban J connectivity index is 0.000000721. The summed E-state index contributed by atoms with van der Waals surface area (Å²) in [5.74, 6) is 0.698.